The molecule has 3 aromatic rings. The first-order valence-electron chi connectivity index (χ1n) is 9.97. The van der Waals surface area contributed by atoms with Gasteiger partial charge in [-0.1, -0.05) is 12.1 Å². The summed E-state index contributed by atoms with van der Waals surface area (Å²) in [4.78, 5) is 23.4. The van der Waals surface area contributed by atoms with Crippen molar-refractivity contribution in [3.05, 3.63) is 48.5 Å². The van der Waals surface area contributed by atoms with E-state index < -0.39 is 6.09 Å². The van der Waals surface area contributed by atoms with E-state index in [2.05, 4.69) is 20.2 Å². The van der Waals surface area contributed by atoms with E-state index in [4.69, 9.17) is 14.2 Å². The molecule has 156 valence electrons. The SMILES string of the molecule is COc1ccc(OC(=O)NCCOc2nc(N3CCCC3)nc3ccccc23)cc1. The molecule has 1 saturated heterocycles. The molecule has 2 aromatic carbocycles. The van der Waals surface area contributed by atoms with Crippen molar-refractivity contribution in [3.8, 4) is 17.4 Å². The fraction of sp³-hybridized carbons (Fsp3) is 0.318. The quantitative estimate of drug-likeness (QED) is 0.600. The van der Waals surface area contributed by atoms with E-state index in [0.29, 0.717) is 23.3 Å². The number of fused-ring (bicyclic) bond motifs is 1. The van der Waals surface area contributed by atoms with Gasteiger partial charge in [0.1, 0.15) is 18.1 Å². The zero-order valence-electron chi connectivity index (χ0n) is 16.8. The zero-order chi connectivity index (χ0) is 20.8. The lowest BCUT2D eigenvalue weighted by Crippen LogP contribution is -2.30. The summed E-state index contributed by atoms with van der Waals surface area (Å²) in [5.74, 6) is 2.34. The number of anilines is 1. The van der Waals surface area contributed by atoms with E-state index in [1.54, 1.807) is 31.4 Å². The molecule has 8 heteroatoms. The molecule has 0 spiro atoms. The van der Waals surface area contributed by atoms with Gasteiger partial charge in [-0.3, -0.25) is 0 Å². The molecule has 2 heterocycles. The number of methoxy groups -OCH3 is 1. The third-order valence-electron chi connectivity index (χ3n) is 4.83. The number of benzene rings is 2. The molecule has 0 radical (unpaired) electrons. The number of carbonyl (C=O) groups is 1. The third kappa shape index (κ3) is 4.71. The Kier molecular flexibility index (Phi) is 6.12. The molecule has 1 aliphatic rings. The van der Waals surface area contributed by atoms with Crippen LogP contribution in [0.4, 0.5) is 10.7 Å². The summed E-state index contributed by atoms with van der Waals surface area (Å²) >= 11 is 0. The molecule has 0 unspecified atom stereocenters. The molecular weight excluding hydrogens is 384 g/mol. The molecule has 0 atom stereocenters. The van der Waals surface area contributed by atoms with Crippen LogP contribution in [-0.4, -0.2) is 49.4 Å². The Balaban J connectivity index is 1.34. The zero-order valence-corrected chi connectivity index (χ0v) is 16.8. The molecule has 4 rings (SSSR count). The number of aromatic nitrogens is 2. The second kappa shape index (κ2) is 9.30. The summed E-state index contributed by atoms with van der Waals surface area (Å²) < 4.78 is 16.2. The lowest BCUT2D eigenvalue weighted by atomic mass is 10.2. The summed E-state index contributed by atoms with van der Waals surface area (Å²) in [5, 5.41) is 3.52. The number of nitrogens with one attached hydrogen (secondary N) is 1. The molecule has 30 heavy (non-hydrogen) atoms. The third-order valence-corrected chi connectivity index (χ3v) is 4.83. The van der Waals surface area contributed by atoms with Crippen molar-refractivity contribution in [2.24, 2.45) is 0 Å². The predicted molar refractivity (Wildman–Crippen MR) is 114 cm³/mol. The summed E-state index contributed by atoms with van der Waals surface area (Å²) in [5.41, 5.74) is 0.844. The Bertz CT molecular complexity index is 1000. The number of para-hydroxylation sites is 1. The Labute approximate surface area is 174 Å². The lowest BCUT2D eigenvalue weighted by Gasteiger charge is -2.17. The Morgan fingerprint density at radius 1 is 1.03 bits per heavy atom. The topological polar surface area (TPSA) is 85.8 Å². The summed E-state index contributed by atoms with van der Waals surface area (Å²) in [6.07, 6.45) is 1.74. The summed E-state index contributed by atoms with van der Waals surface area (Å²) in [7, 11) is 1.58. The van der Waals surface area contributed by atoms with Crippen molar-refractivity contribution in [1.82, 2.24) is 15.3 Å². The monoisotopic (exact) mass is 408 g/mol. The summed E-state index contributed by atoms with van der Waals surface area (Å²) in [6, 6.07) is 14.6. The Morgan fingerprint density at radius 3 is 2.53 bits per heavy atom. The maximum atomic E-state index is 12.0. The normalized spacial score (nSPS) is 13.3. The number of carbonyl (C=O) groups excluding carboxylic acids is 1. The maximum absolute atomic E-state index is 12.0. The van der Waals surface area contributed by atoms with Gasteiger partial charge in [0.05, 0.1) is 24.6 Å². The van der Waals surface area contributed by atoms with Crippen LogP contribution in [0.25, 0.3) is 10.9 Å². The second-order valence-corrected chi connectivity index (χ2v) is 6.88. The van der Waals surface area contributed by atoms with Crippen LogP contribution >= 0.6 is 0 Å². The minimum Gasteiger partial charge on any atom is -0.497 e. The average Bonchev–Trinajstić information content (AvgIpc) is 3.32. The number of ether oxygens (including phenoxy) is 3. The van der Waals surface area contributed by atoms with Crippen molar-refractivity contribution in [1.29, 1.82) is 0 Å². The van der Waals surface area contributed by atoms with Crippen molar-refractivity contribution < 1.29 is 19.0 Å². The standard InChI is InChI=1S/C22H24N4O4/c1-28-16-8-10-17(11-9-16)30-22(27)23-12-15-29-20-18-6-2-3-7-19(18)24-21(25-20)26-13-4-5-14-26/h2-3,6-11H,4-5,12-15H2,1H3,(H,23,27). The Morgan fingerprint density at radius 2 is 1.77 bits per heavy atom. The van der Waals surface area contributed by atoms with E-state index >= 15 is 0 Å². The minimum atomic E-state index is -0.547. The molecule has 1 aliphatic heterocycles. The van der Waals surface area contributed by atoms with Gasteiger partial charge in [0.15, 0.2) is 0 Å². The van der Waals surface area contributed by atoms with E-state index in [1.807, 2.05) is 24.3 Å². The van der Waals surface area contributed by atoms with Crippen LogP contribution in [0.5, 0.6) is 17.4 Å². The molecular formula is C22H24N4O4. The molecule has 1 N–H and O–H groups in total. The maximum Gasteiger partial charge on any atom is 0.412 e. The predicted octanol–water partition coefficient (Wildman–Crippen LogP) is 3.41. The van der Waals surface area contributed by atoms with Crippen LogP contribution in [0, 0.1) is 0 Å². The van der Waals surface area contributed by atoms with Crippen molar-refractivity contribution in [3.63, 3.8) is 0 Å². The number of rotatable bonds is 7. The summed E-state index contributed by atoms with van der Waals surface area (Å²) in [6.45, 7) is 2.46. The van der Waals surface area contributed by atoms with Crippen LogP contribution in [0.3, 0.4) is 0 Å². The highest BCUT2D eigenvalue weighted by Crippen LogP contribution is 2.26. The fourth-order valence-corrected chi connectivity index (χ4v) is 3.29. The number of nitrogens with zero attached hydrogens (tertiary/aromatic N) is 3. The van der Waals surface area contributed by atoms with Crippen LogP contribution in [0.15, 0.2) is 48.5 Å². The molecule has 0 bridgehead atoms. The van der Waals surface area contributed by atoms with Gasteiger partial charge in [0.2, 0.25) is 11.8 Å². The highest BCUT2D eigenvalue weighted by molar-refractivity contribution is 5.84. The fourth-order valence-electron chi connectivity index (χ4n) is 3.29. The first kappa shape index (κ1) is 19.8. The van der Waals surface area contributed by atoms with Gasteiger partial charge in [-0.25, -0.2) is 9.78 Å². The van der Waals surface area contributed by atoms with Crippen LogP contribution in [-0.2, 0) is 0 Å². The molecule has 0 aliphatic carbocycles. The van der Waals surface area contributed by atoms with Gasteiger partial charge in [-0.05, 0) is 49.2 Å². The van der Waals surface area contributed by atoms with Crippen LogP contribution in [0.2, 0.25) is 0 Å². The molecule has 0 saturated carbocycles. The molecule has 1 fully saturated rings. The van der Waals surface area contributed by atoms with Gasteiger partial charge in [-0.15, -0.1) is 0 Å². The molecule has 1 amide bonds. The molecule has 1 aromatic heterocycles. The van der Waals surface area contributed by atoms with E-state index in [-0.39, 0.29) is 13.2 Å². The van der Waals surface area contributed by atoms with Crippen LogP contribution < -0.4 is 24.4 Å². The van der Waals surface area contributed by atoms with Gasteiger partial charge >= 0.3 is 6.09 Å². The second-order valence-electron chi connectivity index (χ2n) is 6.88. The number of hydrogen-bond donors (Lipinski definition) is 1. The minimum absolute atomic E-state index is 0.262. The van der Waals surface area contributed by atoms with E-state index in [0.717, 1.165) is 36.8 Å². The van der Waals surface area contributed by atoms with Gasteiger partial charge in [0.25, 0.3) is 0 Å². The van der Waals surface area contributed by atoms with Crippen molar-refractivity contribution in [2.45, 2.75) is 12.8 Å². The highest BCUT2D eigenvalue weighted by atomic mass is 16.6. The average molecular weight is 408 g/mol. The van der Waals surface area contributed by atoms with Crippen molar-refractivity contribution in [2.75, 3.05) is 38.3 Å². The van der Waals surface area contributed by atoms with Crippen molar-refractivity contribution >= 4 is 22.9 Å². The first-order valence-corrected chi connectivity index (χ1v) is 9.97. The highest BCUT2D eigenvalue weighted by Gasteiger charge is 2.18. The number of amides is 1. The van der Waals surface area contributed by atoms with Gasteiger partial charge in [-0.2, -0.15) is 4.98 Å². The Hall–Kier alpha value is -3.55. The first-order chi connectivity index (χ1) is 14.7. The largest absolute Gasteiger partial charge is 0.497 e. The lowest BCUT2D eigenvalue weighted by molar-refractivity contribution is 0.196. The molecule has 8 nitrogen and oxygen atoms in total. The number of hydrogen-bond acceptors (Lipinski definition) is 7. The smallest absolute Gasteiger partial charge is 0.412 e. The van der Waals surface area contributed by atoms with E-state index in [9.17, 15) is 4.79 Å². The van der Waals surface area contributed by atoms with Gasteiger partial charge < -0.3 is 24.4 Å². The van der Waals surface area contributed by atoms with E-state index in [1.165, 1.54) is 0 Å². The van der Waals surface area contributed by atoms with Gasteiger partial charge in [0, 0.05) is 13.1 Å². The van der Waals surface area contributed by atoms with Crippen LogP contribution in [0.1, 0.15) is 12.8 Å².